The molecule has 0 atom stereocenters. The van der Waals surface area contributed by atoms with Crippen molar-refractivity contribution in [1.29, 1.82) is 0 Å². The Labute approximate surface area is 73.9 Å². The van der Waals surface area contributed by atoms with Crippen molar-refractivity contribution in [2.75, 3.05) is 26.3 Å². The molecular formula is C9H19FN2. The molecule has 1 rings (SSSR count). The fraction of sp³-hybridized carbons (Fsp3) is 1.00. The average molecular weight is 174 g/mol. The van der Waals surface area contributed by atoms with E-state index in [4.69, 9.17) is 5.73 Å². The van der Waals surface area contributed by atoms with Crippen molar-refractivity contribution in [3.63, 3.8) is 0 Å². The number of halogens is 1. The summed E-state index contributed by atoms with van der Waals surface area (Å²) in [5, 5.41) is 0. The van der Waals surface area contributed by atoms with E-state index in [1.807, 2.05) is 0 Å². The lowest BCUT2D eigenvalue weighted by Crippen LogP contribution is -2.43. The molecule has 0 spiro atoms. The van der Waals surface area contributed by atoms with Crippen molar-refractivity contribution < 1.29 is 4.39 Å². The van der Waals surface area contributed by atoms with E-state index in [2.05, 4.69) is 4.90 Å². The lowest BCUT2D eigenvalue weighted by Gasteiger charge is -2.37. The van der Waals surface area contributed by atoms with Crippen LogP contribution in [-0.2, 0) is 0 Å². The first-order valence-corrected chi connectivity index (χ1v) is 4.88. The summed E-state index contributed by atoms with van der Waals surface area (Å²) in [4.78, 5) is 2.34. The summed E-state index contributed by atoms with van der Waals surface area (Å²) in [6, 6.07) is 0.708. The van der Waals surface area contributed by atoms with Gasteiger partial charge in [0, 0.05) is 25.7 Å². The van der Waals surface area contributed by atoms with Gasteiger partial charge < -0.3 is 5.73 Å². The molecule has 0 aromatic rings. The molecule has 0 aromatic heterocycles. The molecule has 1 fully saturated rings. The molecule has 0 radical (unpaired) electrons. The zero-order valence-corrected chi connectivity index (χ0v) is 7.64. The van der Waals surface area contributed by atoms with Crippen molar-refractivity contribution in [1.82, 2.24) is 4.90 Å². The molecule has 0 unspecified atom stereocenters. The van der Waals surface area contributed by atoms with Crippen LogP contribution in [0.3, 0.4) is 0 Å². The van der Waals surface area contributed by atoms with Crippen LogP contribution in [0.5, 0.6) is 0 Å². The van der Waals surface area contributed by atoms with E-state index >= 15 is 0 Å². The third-order valence-electron chi connectivity index (χ3n) is 2.59. The van der Waals surface area contributed by atoms with Gasteiger partial charge >= 0.3 is 0 Å². The van der Waals surface area contributed by atoms with Gasteiger partial charge in [-0.05, 0) is 19.3 Å². The van der Waals surface area contributed by atoms with E-state index in [-0.39, 0.29) is 6.67 Å². The number of nitrogens with zero attached hydrogens (tertiary/aromatic N) is 1. The molecule has 0 bridgehead atoms. The molecule has 72 valence electrons. The Morgan fingerprint density at radius 2 is 2.08 bits per heavy atom. The van der Waals surface area contributed by atoms with Crippen LogP contribution in [0.4, 0.5) is 4.39 Å². The van der Waals surface area contributed by atoms with E-state index in [1.54, 1.807) is 0 Å². The fourth-order valence-corrected chi connectivity index (χ4v) is 1.66. The summed E-state index contributed by atoms with van der Waals surface area (Å²) >= 11 is 0. The van der Waals surface area contributed by atoms with Gasteiger partial charge in [-0.1, -0.05) is 6.42 Å². The molecule has 0 aliphatic heterocycles. The molecule has 2 N–H and O–H groups in total. The summed E-state index contributed by atoms with van der Waals surface area (Å²) in [5.74, 6) is 0. The molecule has 3 heteroatoms. The second kappa shape index (κ2) is 5.49. The van der Waals surface area contributed by atoms with Gasteiger partial charge in [0.2, 0.25) is 0 Å². The molecule has 2 nitrogen and oxygen atoms in total. The first kappa shape index (κ1) is 9.93. The minimum absolute atomic E-state index is 0.201. The SMILES string of the molecule is NCCN(CCCF)C1CCC1. The summed E-state index contributed by atoms with van der Waals surface area (Å²) in [6.45, 7) is 2.32. The van der Waals surface area contributed by atoms with E-state index in [1.165, 1.54) is 19.3 Å². The smallest absolute Gasteiger partial charge is 0.0906 e. The Morgan fingerprint density at radius 1 is 1.33 bits per heavy atom. The highest BCUT2D eigenvalue weighted by Gasteiger charge is 2.23. The van der Waals surface area contributed by atoms with Crippen LogP contribution in [-0.4, -0.2) is 37.3 Å². The molecule has 0 saturated heterocycles. The molecule has 0 heterocycles. The molecular weight excluding hydrogens is 155 g/mol. The van der Waals surface area contributed by atoms with Gasteiger partial charge in [-0.2, -0.15) is 0 Å². The van der Waals surface area contributed by atoms with Gasteiger partial charge in [0.15, 0.2) is 0 Å². The molecule has 12 heavy (non-hydrogen) atoms. The van der Waals surface area contributed by atoms with Crippen LogP contribution < -0.4 is 5.73 Å². The van der Waals surface area contributed by atoms with E-state index < -0.39 is 0 Å². The standard InChI is InChI=1S/C9H19FN2/c10-5-2-7-12(8-6-11)9-3-1-4-9/h9H,1-8,11H2. The Balaban J connectivity index is 2.17. The maximum atomic E-state index is 11.9. The highest BCUT2D eigenvalue weighted by Crippen LogP contribution is 2.24. The zero-order chi connectivity index (χ0) is 8.81. The number of nitrogens with two attached hydrogens (primary N) is 1. The van der Waals surface area contributed by atoms with Crippen molar-refractivity contribution in [3.05, 3.63) is 0 Å². The highest BCUT2D eigenvalue weighted by molar-refractivity contribution is 4.79. The van der Waals surface area contributed by atoms with E-state index in [9.17, 15) is 4.39 Å². The Kier molecular flexibility index (Phi) is 4.54. The Morgan fingerprint density at radius 3 is 2.50 bits per heavy atom. The Hall–Kier alpha value is -0.150. The summed E-state index contributed by atoms with van der Waals surface area (Å²) in [6.07, 6.45) is 4.57. The average Bonchev–Trinajstić information content (AvgIpc) is 1.97. The van der Waals surface area contributed by atoms with Crippen LogP contribution in [0.1, 0.15) is 25.7 Å². The van der Waals surface area contributed by atoms with Gasteiger partial charge in [-0.3, -0.25) is 9.29 Å². The van der Waals surface area contributed by atoms with Crippen molar-refractivity contribution in [2.24, 2.45) is 5.73 Å². The topological polar surface area (TPSA) is 29.3 Å². The monoisotopic (exact) mass is 174 g/mol. The van der Waals surface area contributed by atoms with Crippen molar-refractivity contribution in [3.8, 4) is 0 Å². The van der Waals surface area contributed by atoms with Crippen LogP contribution in [0.25, 0.3) is 0 Å². The second-order valence-corrected chi connectivity index (χ2v) is 3.45. The van der Waals surface area contributed by atoms with Crippen molar-refractivity contribution >= 4 is 0 Å². The maximum Gasteiger partial charge on any atom is 0.0906 e. The lowest BCUT2D eigenvalue weighted by molar-refractivity contribution is 0.126. The predicted molar refractivity (Wildman–Crippen MR) is 48.9 cm³/mol. The largest absolute Gasteiger partial charge is 0.329 e. The Bertz CT molecular complexity index is 115. The van der Waals surface area contributed by atoms with E-state index in [0.29, 0.717) is 19.0 Å². The summed E-state index contributed by atoms with van der Waals surface area (Å²) in [5.41, 5.74) is 5.48. The van der Waals surface area contributed by atoms with Crippen molar-refractivity contribution in [2.45, 2.75) is 31.7 Å². The predicted octanol–water partition coefficient (Wildman–Crippen LogP) is 1.16. The lowest BCUT2D eigenvalue weighted by atomic mass is 9.91. The molecule has 1 aliphatic carbocycles. The van der Waals surface area contributed by atoms with Gasteiger partial charge in [0.1, 0.15) is 0 Å². The van der Waals surface area contributed by atoms with E-state index in [0.717, 1.165) is 13.1 Å². The summed E-state index contributed by atoms with van der Waals surface area (Å²) in [7, 11) is 0. The number of hydrogen-bond acceptors (Lipinski definition) is 2. The van der Waals surface area contributed by atoms with Gasteiger partial charge in [0.05, 0.1) is 6.67 Å². The zero-order valence-electron chi connectivity index (χ0n) is 7.64. The van der Waals surface area contributed by atoms with Gasteiger partial charge in [0.25, 0.3) is 0 Å². The third kappa shape index (κ3) is 2.72. The number of rotatable bonds is 6. The minimum Gasteiger partial charge on any atom is -0.329 e. The highest BCUT2D eigenvalue weighted by atomic mass is 19.1. The normalized spacial score (nSPS) is 18.2. The van der Waals surface area contributed by atoms with Gasteiger partial charge in [-0.15, -0.1) is 0 Å². The minimum atomic E-state index is -0.201. The third-order valence-corrected chi connectivity index (χ3v) is 2.59. The van der Waals surface area contributed by atoms with Gasteiger partial charge in [-0.25, -0.2) is 0 Å². The van der Waals surface area contributed by atoms with Crippen LogP contribution in [0.15, 0.2) is 0 Å². The second-order valence-electron chi connectivity index (χ2n) is 3.45. The first-order chi connectivity index (χ1) is 5.88. The molecule has 1 aliphatic rings. The maximum absolute atomic E-state index is 11.9. The fourth-order valence-electron chi connectivity index (χ4n) is 1.66. The van der Waals surface area contributed by atoms with Crippen LogP contribution in [0.2, 0.25) is 0 Å². The number of hydrogen-bond donors (Lipinski definition) is 1. The first-order valence-electron chi connectivity index (χ1n) is 4.88. The number of alkyl halides is 1. The molecule has 0 amide bonds. The quantitative estimate of drug-likeness (QED) is 0.654. The summed E-state index contributed by atoms with van der Waals surface area (Å²) < 4.78 is 11.9. The molecule has 1 saturated carbocycles. The van der Waals surface area contributed by atoms with Crippen LogP contribution >= 0.6 is 0 Å². The molecule has 0 aromatic carbocycles. The van der Waals surface area contributed by atoms with Crippen LogP contribution in [0, 0.1) is 0 Å².